The zero-order valence-corrected chi connectivity index (χ0v) is 18.7. The van der Waals surface area contributed by atoms with Crippen molar-refractivity contribution in [3.63, 3.8) is 0 Å². The Morgan fingerprint density at radius 1 is 1.13 bits per heavy atom. The van der Waals surface area contributed by atoms with Crippen LogP contribution in [0.15, 0.2) is 41.8 Å². The number of halogens is 1. The number of anilines is 1. The first-order chi connectivity index (χ1) is 14.6. The average molecular weight is 455 g/mol. The summed E-state index contributed by atoms with van der Waals surface area (Å²) >= 11 is 9.28. The molecule has 0 unspecified atom stereocenters. The number of hydrogen-bond donors (Lipinski definition) is 1. The fourth-order valence-electron chi connectivity index (χ4n) is 3.83. The van der Waals surface area contributed by atoms with Gasteiger partial charge in [-0.2, -0.15) is 0 Å². The SMILES string of the molecule is COc1ccc2sc(C(=O)Nc3nc(-c4ccc5c(c4)CCCC5)cs3)c(Cl)c2c1. The van der Waals surface area contributed by atoms with Crippen molar-refractivity contribution in [1.29, 1.82) is 0 Å². The number of thiophene rings is 1. The van der Waals surface area contributed by atoms with Gasteiger partial charge in [-0.25, -0.2) is 4.98 Å². The topological polar surface area (TPSA) is 51.2 Å². The van der Waals surface area contributed by atoms with Gasteiger partial charge in [0.1, 0.15) is 10.6 Å². The summed E-state index contributed by atoms with van der Waals surface area (Å²) in [6.45, 7) is 0. The molecule has 7 heteroatoms. The molecule has 0 bridgehead atoms. The van der Waals surface area contributed by atoms with Crippen LogP contribution in [0.1, 0.15) is 33.6 Å². The van der Waals surface area contributed by atoms with Crippen LogP contribution < -0.4 is 10.1 Å². The molecule has 0 radical (unpaired) electrons. The van der Waals surface area contributed by atoms with Crippen molar-refractivity contribution in [1.82, 2.24) is 4.98 Å². The molecule has 0 aliphatic heterocycles. The van der Waals surface area contributed by atoms with Gasteiger partial charge in [0.2, 0.25) is 0 Å². The van der Waals surface area contributed by atoms with Crippen molar-refractivity contribution in [2.75, 3.05) is 12.4 Å². The predicted molar refractivity (Wildman–Crippen MR) is 126 cm³/mol. The molecule has 152 valence electrons. The highest BCUT2D eigenvalue weighted by Crippen LogP contribution is 2.38. The number of carbonyl (C=O) groups is 1. The normalized spacial score (nSPS) is 13.3. The van der Waals surface area contributed by atoms with Crippen LogP contribution in [0.25, 0.3) is 21.3 Å². The highest BCUT2D eigenvalue weighted by Gasteiger charge is 2.19. The van der Waals surface area contributed by atoms with E-state index in [1.54, 1.807) is 7.11 Å². The number of methoxy groups -OCH3 is 1. The Hall–Kier alpha value is -2.41. The Balaban J connectivity index is 1.38. The van der Waals surface area contributed by atoms with E-state index >= 15 is 0 Å². The van der Waals surface area contributed by atoms with Gasteiger partial charge in [-0.05, 0) is 61.1 Å². The van der Waals surface area contributed by atoms with Crippen molar-refractivity contribution < 1.29 is 9.53 Å². The molecule has 1 aliphatic rings. The van der Waals surface area contributed by atoms with Crippen LogP contribution in [0.5, 0.6) is 5.75 Å². The van der Waals surface area contributed by atoms with Gasteiger partial charge in [0.25, 0.3) is 5.91 Å². The molecule has 0 fully saturated rings. The van der Waals surface area contributed by atoms with Crippen LogP contribution in [0, 0.1) is 0 Å². The maximum atomic E-state index is 12.8. The van der Waals surface area contributed by atoms with E-state index in [-0.39, 0.29) is 5.91 Å². The number of aromatic nitrogens is 1. The highest BCUT2D eigenvalue weighted by atomic mass is 35.5. The van der Waals surface area contributed by atoms with Crippen LogP contribution in [0.3, 0.4) is 0 Å². The fourth-order valence-corrected chi connectivity index (χ4v) is 5.93. The minimum Gasteiger partial charge on any atom is -0.497 e. The van der Waals surface area contributed by atoms with E-state index in [0.717, 1.165) is 34.2 Å². The molecule has 2 heterocycles. The minimum absolute atomic E-state index is 0.244. The van der Waals surface area contributed by atoms with E-state index < -0.39 is 0 Å². The Morgan fingerprint density at radius 3 is 2.80 bits per heavy atom. The summed E-state index contributed by atoms with van der Waals surface area (Å²) in [6.07, 6.45) is 4.81. The van der Waals surface area contributed by atoms with Crippen LogP contribution in [-0.2, 0) is 12.8 Å². The fraction of sp³-hybridized carbons (Fsp3) is 0.217. The molecule has 2 aromatic heterocycles. The standard InChI is InChI=1S/C23H19ClN2O2S2/c1-28-16-8-9-19-17(11-16)20(24)21(30-19)22(27)26-23-25-18(12-29-23)15-7-6-13-4-2-3-5-14(13)10-15/h6-12H,2-5H2,1H3,(H,25,26,27). The third kappa shape index (κ3) is 3.60. The van der Waals surface area contributed by atoms with Crippen LogP contribution >= 0.6 is 34.3 Å². The zero-order chi connectivity index (χ0) is 20.7. The summed E-state index contributed by atoms with van der Waals surface area (Å²) in [4.78, 5) is 18.0. The molecule has 30 heavy (non-hydrogen) atoms. The number of fused-ring (bicyclic) bond motifs is 2. The van der Waals surface area contributed by atoms with Crippen molar-refractivity contribution in [2.45, 2.75) is 25.7 Å². The summed E-state index contributed by atoms with van der Waals surface area (Å²) in [5.74, 6) is 0.468. The second kappa shape index (κ2) is 8.02. The van der Waals surface area contributed by atoms with Crippen LogP contribution in [-0.4, -0.2) is 18.0 Å². The minimum atomic E-state index is -0.244. The van der Waals surface area contributed by atoms with Gasteiger partial charge in [0, 0.05) is 21.0 Å². The first kappa shape index (κ1) is 19.5. The zero-order valence-electron chi connectivity index (χ0n) is 16.3. The van der Waals surface area contributed by atoms with E-state index in [9.17, 15) is 4.79 Å². The summed E-state index contributed by atoms with van der Waals surface area (Å²) in [5.41, 5.74) is 4.85. The molecular weight excluding hydrogens is 436 g/mol. The van der Waals surface area contributed by atoms with Gasteiger partial charge >= 0.3 is 0 Å². The van der Waals surface area contributed by atoms with Gasteiger partial charge in [-0.15, -0.1) is 22.7 Å². The number of hydrogen-bond acceptors (Lipinski definition) is 5. The second-order valence-corrected chi connectivity index (χ2v) is 9.58. The van der Waals surface area contributed by atoms with Crippen molar-refractivity contribution in [3.05, 3.63) is 62.8 Å². The lowest BCUT2D eigenvalue weighted by Gasteiger charge is -2.16. The first-order valence-electron chi connectivity index (χ1n) is 9.77. The number of carbonyl (C=O) groups excluding carboxylic acids is 1. The molecule has 4 aromatic rings. The summed E-state index contributed by atoms with van der Waals surface area (Å²) in [7, 11) is 1.61. The number of thiazole rings is 1. The van der Waals surface area contributed by atoms with E-state index in [2.05, 4.69) is 28.5 Å². The molecule has 0 atom stereocenters. The molecule has 1 aliphatic carbocycles. The summed E-state index contributed by atoms with van der Waals surface area (Å²) in [5, 5.41) is 6.72. The summed E-state index contributed by atoms with van der Waals surface area (Å²) < 4.78 is 6.20. The largest absolute Gasteiger partial charge is 0.497 e. The lowest BCUT2D eigenvalue weighted by atomic mass is 9.90. The number of amides is 1. The maximum absolute atomic E-state index is 12.8. The number of nitrogens with one attached hydrogen (secondary N) is 1. The molecular formula is C23H19ClN2O2S2. The average Bonchev–Trinajstić information content (AvgIpc) is 3.37. The van der Waals surface area contributed by atoms with Crippen LogP contribution in [0.4, 0.5) is 5.13 Å². The monoisotopic (exact) mass is 454 g/mol. The van der Waals surface area contributed by atoms with Gasteiger partial charge in [0.05, 0.1) is 17.8 Å². The van der Waals surface area contributed by atoms with E-state index in [1.807, 2.05) is 23.6 Å². The smallest absolute Gasteiger partial charge is 0.269 e. The Morgan fingerprint density at radius 2 is 1.97 bits per heavy atom. The quantitative estimate of drug-likeness (QED) is 0.368. The molecule has 2 aromatic carbocycles. The van der Waals surface area contributed by atoms with Crippen LogP contribution in [0.2, 0.25) is 5.02 Å². The predicted octanol–water partition coefficient (Wildman–Crippen LogP) is 6.82. The maximum Gasteiger partial charge on any atom is 0.269 e. The Labute approximate surface area is 187 Å². The second-order valence-electron chi connectivity index (χ2n) is 7.29. The van der Waals surface area contributed by atoms with Gasteiger partial charge in [-0.3, -0.25) is 10.1 Å². The van der Waals surface area contributed by atoms with Gasteiger partial charge < -0.3 is 4.74 Å². The Kier molecular flexibility index (Phi) is 5.23. The lowest BCUT2D eigenvalue weighted by Crippen LogP contribution is -2.10. The van der Waals surface area contributed by atoms with Crippen molar-refractivity contribution >= 4 is 55.4 Å². The number of aryl methyl sites for hydroxylation is 2. The number of ether oxygens (including phenoxy) is 1. The highest BCUT2D eigenvalue weighted by molar-refractivity contribution is 7.22. The molecule has 0 saturated heterocycles. The molecule has 1 amide bonds. The molecule has 5 rings (SSSR count). The Bertz CT molecular complexity index is 1260. The molecule has 0 spiro atoms. The number of nitrogens with zero attached hydrogens (tertiary/aromatic N) is 1. The number of rotatable bonds is 4. The lowest BCUT2D eigenvalue weighted by molar-refractivity contribution is 0.103. The van der Waals surface area contributed by atoms with Crippen molar-refractivity contribution in [3.8, 4) is 17.0 Å². The van der Waals surface area contributed by atoms with E-state index in [1.165, 1.54) is 46.6 Å². The molecule has 0 saturated carbocycles. The van der Waals surface area contributed by atoms with Gasteiger partial charge in [-0.1, -0.05) is 23.7 Å². The van der Waals surface area contributed by atoms with E-state index in [0.29, 0.717) is 20.8 Å². The first-order valence-corrected chi connectivity index (χ1v) is 11.8. The molecule has 1 N–H and O–H groups in total. The van der Waals surface area contributed by atoms with E-state index in [4.69, 9.17) is 16.3 Å². The molecule has 4 nitrogen and oxygen atoms in total. The third-order valence-electron chi connectivity index (χ3n) is 5.41. The third-order valence-corrected chi connectivity index (χ3v) is 7.84. The van der Waals surface area contributed by atoms with Gasteiger partial charge in [0.15, 0.2) is 5.13 Å². The number of benzene rings is 2. The summed E-state index contributed by atoms with van der Waals surface area (Å²) in [6, 6.07) is 12.2. The van der Waals surface area contributed by atoms with Crippen molar-refractivity contribution in [2.24, 2.45) is 0 Å².